The number of amides is 1. The number of aromatic nitrogens is 1. The van der Waals surface area contributed by atoms with Crippen LogP contribution in [0, 0.1) is 12.3 Å². The van der Waals surface area contributed by atoms with Gasteiger partial charge in [0.2, 0.25) is 5.91 Å². The molecule has 1 heterocycles. The lowest BCUT2D eigenvalue weighted by Gasteiger charge is -2.17. The summed E-state index contributed by atoms with van der Waals surface area (Å²) in [6.45, 7) is 7.49. The third kappa shape index (κ3) is 3.30. The van der Waals surface area contributed by atoms with Gasteiger partial charge >= 0.3 is 0 Å². The Morgan fingerprint density at radius 2 is 2.00 bits per heavy atom. The lowest BCUT2D eigenvalue weighted by molar-refractivity contribution is -0.123. The Bertz CT molecular complexity index is 383. The first-order valence-corrected chi connectivity index (χ1v) is 5.54. The fourth-order valence-electron chi connectivity index (χ4n) is 0.917. The zero-order valence-electron chi connectivity index (χ0n) is 9.39. The Morgan fingerprint density at radius 1 is 1.40 bits per heavy atom. The first kappa shape index (κ1) is 12.2. The predicted octanol–water partition coefficient (Wildman–Crippen LogP) is 3.14. The Labute approximate surface area is 98.4 Å². The van der Waals surface area contributed by atoms with Crippen LogP contribution >= 0.6 is 15.9 Å². The molecule has 0 saturated heterocycles. The number of hydrogen-bond acceptors (Lipinski definition) is 2. The van der Waals surface area contributed by atoms with Crippen LogP contribution in [0.15, 0.2) is 16.6 Å². The van der Waals surface area contributed by atoms with E-state index in [0.29, 0.717) is 5.82 Å². The van der Waals surface area contributed by atoms with Crippen LogP contribution in [-0.4, -0.2) is 10.9 Å². The van der Waals surface area contributed by atoms with Gasteiger partial charge in [-0.15, -0.1) is 0 Å². The zero-order valence-corrected chi connectivity index (χ0v) is 11.0. The van der Waals surface area contributed by atoms with E-state index in [1.54, 1.807) is 6.07 Å². The molecule has 1 N–H and O–H groups in total. The van der Waals surface area contributed by atoms with Crippen molar-refractivity contribution in [2.45, 2.75) is 27.7 Å². The van der Waals surface area contributed by atoms with Gasteiger partial charge in [0.1, 0.15) is 5.82 Å². The molecule has 4 heteroatoms. The van der Waals surface area contributed by atoms with Gasteiger partial charge in [0, 0.05) is 9.89 Å². The standard InChI is InChI=1S/C11H15BrN2O/c1-7-8(12)5-6-9(13-7)14-10(15)11(2,3)4/h5-6H,1-4H3,(H,13,14,15). The number of nitrogens with zero attached hydrogens (tertiary/aromatic N) is 1. The molecule has 15 heavy (non-hydrogen) atoms. The van der Waals surface area contributed by atoms with E-state index < -0.39 is 5.41 Å². The van der Waals surface area contributed by atoms with E-state index in [9.17, 15) is 4.79 Å². The quantitative estimate of drug-likeness (QED) is 0.852. The highest BCUT2D eigenvalue weighted by Crippen LogP contribution is 2.19. The molecule has 0 unspecified atom stereocenters. The fourth-order valence-corrected chi connectivity index (χ4v) is 1.14. The molecule has 1 rings (SSSR count). The molecule has 1 aromatic rings. The van der Waals surface area contributed by atoms with Crippen LogP contribution in [0.2, 0.25) is 0 Å². The van der Waals surface area contributed by atoms with Crippen molar-refractivity contribution in [3.63, 3.8) is 0 Å². The third-order valence-corrected chi connectivity index (χ3v) is 2.78. The molecular formula is C11H15BrN2O. The van der Waals surface area contributed by atoms with Gasteiger partial charge in [0.15, 0.2) is 0 Å². The van der Waals surface area contributed by atoms with Gasteiger partial charge in [-0.05, 0) is 35.0 Å². The van der Waals surface area contributed by atoms with E-state index >= 15 is 0 Å². The first-order chi connectivity index (χ1) is 6.80. The van der Waals surface area contributed by atoms with E-state index in [1.165, 1.54) is 0 Å². The highest BCUT2D eigenvalue weighted by Gasteiger charge is 2.21. The summed E-state index contributed by atoms with van der Waals surface area (Å²) in [7, 11) is 0. The Hall–Kier alpha value is -0.900. The minimum absolute atomic E-state index is 0.0308. The van der Waals surface area contributed by atoms with Gasteiger partial charge in [0.25, 0.3) is 0 Å². The molecule has 1 amide bonds. The van der Waals surface area contributed by atoms with Crippen molar-refractivity contribution in [2.75, 3.05) is 5.32 Å². The van der Waals surface area contributed by atoms with E-state index in [2.05, 4.69) is 26.2 Å². The average molecular weight is 271 g/mol. The Kier molecular flexibility index (Phi) is 3.50. The topological polar surface area (TPSA) is 42.0 Å². The summed E-state index contributed by atoms with van der Waals surface area (Å²) in [5.41, 5.74) is 0.463. The molecule has 0 aromatic carbocycles. The molecule has 0 aliphatic rings. The number of anilines is 1. The number of carbonyl (C=O) groups is 1. The summed E-state index contributed by atoms with van der Waals surface area (Å²) in [5.74, 6) is 0.562. The molecule has 0 bridgehead atoms. The van der Waals surface area contributed by atoms with E-state index in [0.717, 1.165) is 10.2 Å². The van der Waals surface area contributed by atoms with Crippen molar-refractivity contribution in [3.8, 4) is 0 Å². The second kappa shape index (κ2) is 4.31. The molecule has 0 saturated carbocycles. The normalized spacial score (nSPS) is 11.3. The molecule has 1 aromatic heterocycles. The molecule has 0 fully saturated rings. The van der Waals surface area contributed by atoms with Crippen molar-refractivity contribution < 1.29 is 4.79 Å². The summed E-state index contributed by atoms with van der Waals surface area (Å²) in [4.78, 5) is 15.9. The summed E-state index contributed by atoms with van der Waals surface area (Å²) >= 11 is 3.36. The maximum atomic E-state index is 11.7. The van der Waals surface area contributed by atoms with Crippen LogP contribution < -0.4 is 5.32 Å². The number of hydrogen-bond donors (Lipinski definition) is 1. The molecule has 82 valence electrons. The molecule has 3 nitrogen and oxygen atoms in total. The minimum Gasteiger partial charge on any atom is -0.310 e. The maximum Gasteiger partial charge on any atom is 0.230 e. The van der Waals surface area contributed by atoms with Gasteiger partial charge in [-0.1, -0.05) is 20.8 Å². The lowest BCUT2D eigenvalue weighted by Crippen LogP contribution is -2.28. The zero-order chi connectivity index (χ0) is 11.6. The van der Waals surface area contributed by atoms with Crippen molar-refractivity contribution in [3.05, 3.63) is 22.3 Å². The van der Waals surface area contributed by atoms with Crippen LogP contribution in [0.5, 0.6) is 0 Å². The van der Waals surface area contributed by atoms with Crippen LogP contribution in [0.25, 0.3) is 0 Å². The summed E-state index contributed by atoms with van der Waals surface area (Å²) in [6, 6.07) is 3.65. The van der Waals surface area contributed by atoms with Crippen molar-refractivity contribution in [1.82, 2.24) is 4.98 Å². The molecule has 0 spiro atoms. The number of carbonyl (C=O) groups excluding carboxylic acids is 1. The van der Waals surface area contributed by atoms with Crippen LogP contribution in [0.4, 0.5) is 5.82 Å². The highest BCUT2D eigenvalue weighted by molar-refractivity contribution is 9.10. The number of pyridine rings is 1. The van der Waals surface area contributed by atoms with E-state index in [-0.39, 0.29) is 5.91 Å². The van der Waals surface area contributed by atoms with Crippen LogP contribution in [0.3, 0.4) is 0 Å². The molecule has 0 atom stereocenters. The Morgan fingerprint density at radius 3 is 2.47 bits per heavy atom. The minimum atomic E-state index is -0.400. The third-order valence-electron chi connectivity index (χ3n) is 1.94. The van der Waals surface area contributed by atoms with Gasteiger partial charge in [-0.3, -0.25) is 4.79 Å². The van der Waals surface area contributed by atoms with Gasteiger partial charge in [-0.2, -0.15) is 0 Å². The van der Waals surface area contributed by atoms with Crippen molar-refractivity contribution >= 4 is 27.7 Å². The first-order valence-electron chi connectivity index (χ1n) is 4.75. The predicted molar refractivity (Wildman–Crippen MR) is 64.8 cm³/mol. The number of halogens is 1. The van der Waals surface area contributed by atoms with Crippen LogP contribution in [0.1, 0.15) is 26.5 Å². The Balaban J connectivity index is 2.83. The molecule has 0 aliphatic heterocycles. The SMILES string of the molecule is Cc1nc(NC(=O)C(C)(C)C)ccc1Br. The van der Waals surface area contributed by atoms with Gasteiger partial charge in [0.05, 0.1) is 5.69 Å². The van der Waals surface area contributed by atoms with Crippen molar-refractivity contribution in [1.29, 1.82) is 0 Å². The molecule has 0 aliphatic carbocycles. The van der Waals surface area contributed by atoms with Gasteiger partial charge in [-0.25, -0.2) is 4.98 Å². The molecule has 0 radical (unpaired) electrons. The smallest absolute Gasteiger partial charge is 0.230 e. The lowest BCUT2D eigenvalue weighted by atomic mass is 9.96. The summed E-state index contributed by atoms with van der Waals surface area (Å²) < 4.78 is 0.941. The second-order valence-electron chi connectivity index (χ2n) is 4.47. The summed E-state index contributed by atoms with van der Waals surface area (Å²) in [5, 5.41) is 2.78. The number of rotatable bonds is 1. The largest absolute Gasteiger partial charge is 0.310 e. The fraction of sp³-hybridized carbons (Fsp3) is 0.455. The number of nitrogens with one attached hydrogen (secondary N) is 1. The summed E-state index contributed by atoms with van der Waals surface area (Å²) in [6.07, 6.45) is 0. The van der Waals surface area contributed by atoms with Crippen molar-refractivity contribution in [2.24, 2.45) is 5.41 Å². The average Bonchev–Trinajstić information content (AvgIpc) is 2.10. The van der Waals surface area contributed by atoms with Gasteiger partial charge < -0.3 is 5.32 Å². The maximum absolute atomic E-state index is 11.7. The van der Waals surface area contributed by atoms with E-state index in [4.69, 9.17) is 0 Å². The highest BCUT2D eigenvalue weighted by atomic mass is 79.9. The monoisotopic (exact) mass is 270 g/mol. The second-order valence-corrected chi connectivity index (χ2v) is 5.32. The van der Waals surface area contributed by atoms with E-state index in [1.807, 2.05) is 33.8 Å². The number of aryl methyl sites for hydroxylation is 1. The van der Waals surface area contributed by atoms with Crippen LogP contribution in [-0.2, 0) is 4.79 Å². The molecular weight excluding hydrogens is 256 g/mol.